The average Bonchev–Trinajstić information content (AvgIpc) is 2.77. The quantitative estimate of drug-likeness (QED) is 0.629. The van der Waals surface area contributed by atoms with E-state index in [4.69, 9.17) is 9.47 Å². The van der Waals surface area contributed by atoms with Crippen LogP contribution in [0.1, 0.15) is 29.0 Å². The Bertz CT molecular complexity index is 855. The van der Waals surface area contributed by atoms with Crippen molar-refractivity contribution in [1.82, 2.24) is 5.32 Å². The van der Waals surface area contributed by atoms with Crippen LogP contribution in [0, 0.1) is 0 Å². The molecule has 28 heavy (non-hydrogen) atoms. The van der Waals surface area contributed by atoms with Crippen LogP contribution in [0.25, 0.3) is 0 Å². The zero-order valence-electron chi connectivity index (χ0n) is 16.2. The predicted octanol–water partition coefficient (Wildman–Crippen LogP) is 4.54. The van der Waals surface area contributed by atoms with E-state index < -0.39 is 0 Å². The zero-order chi connectivity index (χ0) is 19.8. The molecule has 0 atom stereocenters. The first-order chi connectivity index (χ1) is 13.7. The SMILES string of the molecule is COc1ccc(OC)c(CNC(=O)CC(c2ccccc2)c2ccccc2)c1. The highest BCUT2D eigenvalue weighted by Crippen LogP contribution is 2.28. The number of ether oxygens (including phenoxy) is 2. The first-order valence-corrected chi connectivity index (χ1v) is 9.28. The molecule has 4 nitrogen and oxygen atoms in total. The maximum absolute atomic E-state index is 12.7. The molecule has 0 aromatic heterocycles. The number of hydrogen-bond acceptors (Lipinski definition) is 3. The van der Waals surface area contributed by atoms with Crippen LogP contribution in [-0.4, -0.2) is 20.1 Å². The van der Waals surface area contributed by atoms with Gasteiger partial charge in [0.25, 0.3) is 0 Å². The summed E-state index contributed by atoms with van der Waals surface area (Å²) in [5, 5.41) is 3.02. The summed E-state index contributed by atoms with van der Waals surface area (Å²) in [7, 11) is 3.24. The molecule has 0 saturated heterocycles. The van der Waals surface area contributed by atoms with Gasteiger partial charge in [0, 0.05) is 24.4 Å². The molecule has 3 aromatic carbocycles. The Labute approximate surface area is 166 Å². The van der Waals surface area contributed by atoms with Crippen molar-refractivity contribution in [1.29, 1.82) is 0 Å². The highest BCUT2D eigenvalue weighted by molar-refractivity contribution is 5.77. The van der Waals surface area contributed by atoms with Crippen LogP contribution >= 0.6 is 0 Å². The van der Waals surface area contributed by atoms with Crippen molar-refractivity contribution in [3.63, 3.8) is 0 Å². The van der Waals surface area contributed by atoms with Crippen LogP contribution in [0.15, 0.2) is 78.9 Å². The van der Waals surface area contributed by atoms with Crippen molar-refractivity contribution in [2.75, 3.05) is 14.2 Å². The van der Waals surface area contributed by atoms with Crippen molar-refractivity contribution in [3.8, 4) is 11.5 Å². The monoisotopic (exact) mass is 375 g/mol. The number of methoxy groups -OCH3 is 2. The molecule has 1 N–H and O–H groups in total. The second-order valence-corrected chi connectivity index (χ2v) is 6.53. The molecule has 0 aliphatic rings. The average molecular weight is 375 g/mol. The second kappa shape index (κ2) is 9.60. The van der Waals surface area contributed by atoms with E-state index in [0.717, 1.165) is 28.2 Å². The van der Waals surface area contributed by atoms with Crippen molar-refractivity contribution in [2.45, 2.75) is 18.9 Å². The van der Waals surface area contributed by atoms with Gasteiger partial charge in [-0.1, -0.05) is 60.7 Å². The summed E-state index contributed by atoms with van der Waals surface area (Å²) in [6.07, 6.45) is 0.375. The Hall–Kier alpha value is -3.27. The van der Waals surface area contributed by atoms with Crippen LogP contribution in [0.2, 0.25) is 0 Å². The summed E-state index contributed by atoms with van der Waals surface area (Å²) in [4.78, 5) is 12.7. The third kappa shape index (κ3) is 4.92. The van der Waals surface area contributed by atoms with Gasteiger partial charge in [0.1, 0.15) is 11.5 Å². The summed E-state index contributed by atoms with van der Waals surface area (Å²) < 4.78 is 10.7. The van der Waals surface area contributed by atoms with Gasteiger partial charge < -0.3 is 14.8 Å². The van der Waals surface area contributed by atoms with Gasteiger partial charge in [-0.2, -0.15) is 0 Å². The van der Waals surface area contributed by atoms with Crippen LogP contribution in [0.3, 0.4) is 0 Å². The normalized spacial score (nSPS) is 10.5. The van der Waals surface area contributed by atoms with Gasteiger partial charge in [-0.05, 0) is 29.3 Å². The summed E-state index contributed by atoms with van der Waals surface area (Å²) in [6, 6.07) is 25.8. The summed E-state index contributed by atoms with van der Waals surface area (Å²) in [5.74, 6) is 1.46. The topological polar surface area (TPSA) is 47.6 Å². The molecule has 4 heteroatoms. The van der Waals surface area contributed by atoms with E-state index in [1.54, 1.807) is 14.2 Å². The number of carbonyl (C=O) groups is 1. The molecule has 0 aliphatic heterocycles. The minimum absolute atomic E-state index is 0.00889. The number of hydrogen-bond donors (Lipinski definition) is 1. The first-order valence-electron chi connectivity index (χ1n) is 9.28. The highest BCUT2D eigenvalue weighted by Gasteiger charge is 2.18. The fraction of sp³-hybridized carbons (Fsp3) is 0.208. The van der Waals surface area contributed by atoms with Crippen LogP contribution in [0.5, 0.6) is 11.5 Å². The molecule has 0 unspecified atom stereocenters. The molecular weight excluding hydrogens is 350 g/mol. The Balaban J connectivity index is 1.73. The number of amides is 1. The Morgan fingerprint density at radius 2 is 1.46 bits per heavy atom. The highest BCUT2D eigenvalue weighted by atomic mass is 16.5. The Morgan fingerprint density at radius 1 is 0.857 bits per heavy atom. The molecule has 3 aromatic rings. The van der Waals surface area contributed by atoms with E-state index in [0.29, 0.717) is 13.0 Å². The maximum atomic E-state index is 12.7. The fourth-order valence-corrected chi connectivity index (χ4v) is 3.27. The van der Waals surface area contributed by atoms with Gasteiger partial charge >= 0.3 is 0 Å². The predicted molar refractivity (Wildman–Crippen MR) is 111 cm³/mol. The lowest BCUT2D eigenvalue weighted by atomic mass is 9.88. The van der Waals surface area contributed by atoms with Crippen molar-refractivity contribution in [3.05, 3.63) is 95.6 Å². The number of benzene rings is 3. The van der Waals surface area contributed by atoms with Crippen LogP contribution in [-0.2, 0) is 11.3 Å². The summed E-state index contributed by atoms with van der Waals surface area (Å²) >= 11 is 0. The minimum Gasteiger partial charge on any atom is -0.497 e. The molecule has 0 fully saturated rings. The van der Waals surface area contributed by atoms with Gasteiger partial charge in [-0.3, -0.25) is 4.79 Å². The maximum Gasteiger partial charge on any atom is 0.221 e. The molecular formula is C24H25NO3. The van der Waals surface area contributed by atoms with Gasteiger partial charge in [0.2, 0.25) is 5.91 Å². The molecule has 0 radical (unpaired) electrons. The number of nitrogens with one attached hydrogen (secondary N) is 1. The third-order valence-corrected chi connectivity index (χ3v) is 4.76. The van der Waals surface area contributed by atoms with Gasteiger partial charge in [0.15, 0.2) is 0 Å². The lowest BCUT2D eigenvalue weighted by molar-refractivity contribution is -0.121. The Kier molecular flexibility index (Phi) is 6.68. The second-order valence-electron chi connectivity index (χ2n) is 6.53. The molecule has 0 spiro atoms. The number of rotatable bonds is 8. The molecule has 0 heterocycles. The molecule has 0 aliphatic carbocycles. The first kappa shape index (κ1) is 19.5. The lowest BCUT2D eigenvalue weighted by Gasteiger charge is -2.18. The van der Waals surface area contributed by atoms with E-state index in [9.17, 15) is 4.79 Å². The van der Waals surface area contributed by atoms with E-state index in [2.05, 4.69) is 29.6 Å². The standard InChI is InChI=1S/C24H25NO3/c1-27-21-13-14-23(28-2)20(15-21)17-25-24(26)16-22(18-9-5-3-6-10-18)19-11-7-4-8-12-19/h3-15,22H,16-17H2,1-2H3,(H,25,26). The Morgan fingerprint density at radius 3 is 2.00 bits per heavy atom. The van der Waals surface area contributed by atoms with Crippen molar-refractivity contribution in [2.24, 2.45) is 0 Å². The molecule has 0 bridgehead atoms. The van der Waals surface area contributed by atoms with Crippen LogP contribution in [0.4, 0.5) is 0 Å². The van der Waals surface area contributed by atoms with Gasteiger partial charge in [-0.25, -0.2) is 0 Å². The van der Waals surface area contributed by atoms with Crippen molar-refractivity contribution >= 4 is 5.91 Å². The van der Waals surface area contributed by atoms with E-state index >= 15 is 0 Å². The lowest BCUT2D eigenvalue weighted by Crippen LogP contribution is -2.25. The number of carbonyl (C=O) groups excluding carboxylic acids is 1. The van der Waals surface area contributed by atoms with E-state index in [1.165, 1.54) is 0 Å². The molecule has 144 valence electrons. The third-order valence-electron chi connectivity index (χ3n) is 4.76. The van der Waals surface area contributed by atoms with Gasteiger partial charge in [0.05, 0.1) is 14.2 Å². The van der Waals surface area contributed by atoms with Gasteiger partial charge in [-0.15, -0.1) is 0 Å². The van der Waals surface area contributed by atoms with E-state index in [-0.39, 0.29) is 11.8 Å². The summed E-state index contributed by atoms with van der Waals surface area (Å²) in [5.41, 5.74) is 3.14. The largest absolute Gasteiger partial charge is 0.497 e. The molecule has 1 amide bonds. The zero-order valence-corrected chi connectivity index (χ0v) is 16.2. The fourth-order valence-electron chi connectivity index (χ4n) is 3.27. The summed E-state index contributed by atoms with van der Waals surface area (Å²) in [6.45, 7) is 0.384. The smallest absolute Gasteiger partial charge is 0.221 e. The minimum atomic E-state index is -0.0115. The molecule has 0 saturated carbocycles. The van der Waals surface area contributed by atoms with E-state index in [1.807, 2.05) is 54.6 Å². The van der Waals surface area contributed by atoms with Crippen LogP contribution < -0.4 is 14.8 Å². The molecule has 3 rings (SSSR count). The van der Waals surface area contributed by atoms with Crippen molar-refractivity contribution < 1.29 is 14.3 Å².